The lowest BCUT2D eigenvalue weighted by Gasteiger charge is -2.09. The molecular formula is C9H8Cl3NO3S. The number of carbonyl (C=O) groups excluding carboxylic acids is 1. The molecule has 0 spiro atoms. The molecule has 17 heavy (non-hydrogen) atoms. The van der Waals surface area contributed by atoms with Gasteiger partial charge in [-0.3, -0.25) is 4.79 Å². The van der Waals surface area contributed by atoms with Crippen LogP contribution in [-0.4, -0.2) is 19.7 Å². The largest absolute Gasteiger partial charge is 0.368 e. The monoisotopic (exact) mass is 315 g/mol. The number of carbonyl (C=O) groups is 1. The summed E-state index contributed by atoms with van der Waals surface area (Å²) in [6.45, 7) is 0. The second-order valence-electron chi connectivity index (χ2n) is 3.26. The Morgan fingerprint density at radius 1 is 1.41 bits per heavy atom. The Labute approximate surface area is 113 Å². The average molecular weight is 317 g/mol. The molecule has 0 saturated carbocycles. The van der Waals surface area contributed by atoms with E-state index >= 15 is 0 Å². The summed E-state index contributed by atoms with van der Waals surface area (Å²) in [4.78, 5) is 10.7. The molecule has 4 nitrogen and oxygen atoms in total. The topological polar surface area (TPSA) is 77.2 Å². The van der Waals surface area contributed by atoms with Crippen molar-refractivity contribution in [2.45, 2.75) is 16.7 Å². The van der Waals surface area contributed by atoms with E-state index in [1.54, 1.807) is 0 Å². The highest BCUT2D eigenvalue weighted by Gasteiger charge is 2.20. The fourth-order valence-corrected chi connectivity index (χ4v) is 2.74. The zero-order valence-electron chi connectivity index (χ0n) is 8.36. The average Bonchev–Trinajstić information content (AvgIpc) is 2.15. The predicted octanol–water partition coefficient (Wildman–Crippen LogP) is 1.90. The third kappa shape index (κ3) is 4.03. The number of primary amides is 1. The maximum atomic E-state index is 11.3. The molecule has 1 rings (SSSR count). The molecule has 1 unspecified atom stereocenters. The summed E-state index contributed by atoms with van der Waals surface area (Å²) >= 11 is 11.4. The summed E-state index contributed by atoms with van der Waals surface area (Å²) in [7, 11) is 1.33. The Bertz CT molecular complexity index is 544. The molecule has 0 saturated heterocycles. The Morgan fingerprint density at radius 2 is 2.00 bits per heavy atom. The fourth-order valence-electron chi connectivity index (χ4n) is 1.24. The van der Waals surface area contributed by atoms with Crippen LogP contribution in [0.2, 0.25) is 5.02 Å². The molecule has 1 aromatic carbocycles. The highest BCUT2D eigenvalue weighted by molar-refractivity contribution is 8.13. The van der Waals surface area contributed by atoms with E-state index in [0.717, 1.165) is 0 Å². The first-order chi connectivity index (χ1) is 7.71. The smallest absolute Gasteiger partial charge is 0.261 e. The van der Waals surface area contributed by atoms with E-state index in [2.05, 4.69) is 0 Å². The maximum absolute atomic E-state index is 11.3. The molecule has 94 valence electrons. The van der Waals surface area contributed by atoms with Gasteiger partial charge in [-0.15, -0.1) is 11.6 Å². The van der Waals surface area contributed by atoms with Crippen LogP contribution in [0, 0.1) is 0 Å². The third-order valence-corrected chi connectivity index (χ3v) is 4.02. The normalized spacial score (nSPS) is 13.4. The van der Waals surface area contributed by atoms with Gasteiger partial charge in [-0.2, -0.15) is 0 Å². The standard InChI is InChI=1S/C9H8Cl3NO3S/c10-6-1-2-8(17(12,15)16)5(3-6)4-7(11)9(13)14/h1-3,7H,4H2,(H2,13,14). The van der Waals surface area contributed by atoms with Gasteiger partial charge in [0.15, 0.2) is 0 Å². The predicted molar refractivity (Wildman–Crippen MR) is 67.0 cm³/mol. The molecule has 0 bridgehead atoms. The lowest BCUT2D eigenvalue weighted by atomic mass is 10.1. The zero-order valence-corrected chi connectivity index (χ0v) is 11.4. The summed E-state index contributed by atoms with van der Waals surface area (Å²) in [6, 6.07) is 4.02. The first-order valence-electron chi connectivity index (χ1n) is 4.38. The minimum atomic E-state index is -3.92. The van der Waals surface area contributed by atoms with Gasteiger partial charge in [0.2, 0.25) is 5.91 Å². The molecule has 0 heterocycles. The van der Waals surface area contributed by atoms with E-state index in [4.69, 9.17) is 39.6 Å². The first-order valence-corrected chi connectivity index (χ1v) is 7.50. The summed E-state index contributed by atoms with van der Waals surface area (Å²) in [6.07, 6.45) is -0.0568. The molecule has 0 aromatic heterocycles. The summed E-state index contributed by atoms with van der Waals surface area (Å²) in [5.74, 6) is -0.746. The first kappa shape index (κ1) is 14.6. The number of hydrogen-bond donors (Lipinski definition) is 1. The number of benzene rings is 1. The van der Waals surface area contributed by atoms with Crippen molar-refractivity contribution in [2.75, 3.05) is 0 Å². The van der Waals surface area contributed by atoms with Gasteiger partial charge >= 0.3 is 0 Å². The van der Waals surface area contributed by atoms with Crippen molar-refractivity contribution in [3.05, 3.63) is 28.8 Å². The molecule has 0 fully saturated rings. The van der Waals surface area contributed by atoms with Crippen molar-refractivity contribution in [1.82, 2.24) is 0 Å². The molecule has 2 N–H and O–H groups in total. The van der Waals surface area contributed by atoms with Gasteiger partial charge in [0.1, 0.15) is 5.38 Å². The van der Waals surface area contributed by atoms with Crippen LogP contribution in [0.5, 0.6) is 0 Å². The van der Waals surface area contributed by atoms with Crippen molar-refractivity contribution < 1.29 is 13.2 Å². The number of rotatable bonds is 4. The lowest BCUT2D eigenvalue weighted by Crippen LogP contribution is -2.25. The summed E-state index contributed by atoms with van der Waals surface area (Å²) < 4.78 is 22.6. The molecule has 0 aliphatic carbocycles. The zero-order chi connectivity index (χ0) is 13.2. The van der Waals surface area contributed by atoms with Crippen molar-refractivity contribution >= 4 is 48.8 Å². The van der Waals surface area contributed by atoms with Crippen molar-refractivity contribution in [3.8, 4) is 0 Å². The van der Waals surface area contributed by atoms with Crippen molar-refractivity contribution in [3.63, 3.8) is 0 Å². The van der Waals surface area contributed by atoms with Crippen molar-refractivity contribution in [2.24, 2.45) is 5.73 Å². The van der Waals surface area contributed by atoms with Crippen LogP contribution in [0.1, 0.15) is 5.56 Å². The molecule has 8 heteroatoms. The van der Waals surface area contributed by atoms with E-state index in [1.165, 1.54) is 18.2 Å². The number of halogens is 3. The van der Waals surface area contributed by atoms with Gasteiger partial charge in [-0.1, -0.05) is 11.6 Å². The van der Waals surface area contributed by atoms with Crippen LogP contribution in [0.15, 0.2) is 23.1 Å². The van der Waals surface area contributed by atoms with Crippen molar-refractivity contribution in [1.29, 1.82) is 0 Å². The van der Waals surface area contributed by atoms with Crippen LogP contribution in [0.4, 0.5) is 0 Å². The highest BCUT2D eigenvalue weighted by atomic mass is 35.7. The Hall–Kier alpha value is -0.490. The fraction of sp³-hybridized carbons (Fsp3) is 0.222. The highest BCUT2D eigenvalue weighted by Crippen LogP contribution is 2.25. The summed E-state index contributed by atoms with van der Waals surface area (Å²) in [5, 5.41) is -0.706. The van der Waals surface area contributed by atoms with Gasteiger partial charge in [0, 0.05) is 15.7 Å². The Balaban J connectivity index is 3.22. The lowest BCUT2D eigenvalue weighted by molar-refractivity contribution is -0.117. The third-order valence-electron chi connectivity index (χ3n) is 1.99. The van der Waals surface area contributed by atoms with Crippen LogP contribution in [-0.2, 0) is 20.3 Å². The molecular weight excluding hydrogens is 309 g/mol. The van der Waals surface area contributed by atoms with Crippen LogP contribution in [0.3, 0.4) is 0 Å². The van der Waals surface area contributed by atoms with Gasteiger partial charge in [0.05, 0.1) is 4.90 Å². The van der Waals surface area contributed by atoms with E-state index in [0.29, 0.717) is 5.02 Å². The molecule has 0 radical (unpaired) electrons. The van der Waals surface area contributed by atoms with E-state index < -0.39 is 20.3 Å². The maximum Gasteiger partial charge on any atom is 0.261 e. The SMILES string of the molecule is NC(=O)C(Cl)Cc1cc(Cl)ccc1S(=O)(=O)Cl. The molecule has 1 atom stereocenters. The van der Waals surface area contributed by atoms with Gasteiger partial charge in [-0.25, -0.2) is 8.42 Å². The molecule has 1 amide bonds. The van der Waals surface area contributed by atoms with Crippen LogP contribution < -0.4 is 5.73 Å². The van der Waals surface area contributed by atoms with Crippen LogP contribution in [0.25, 0.3) is 0 Å². The molecule has 0 aliphatic rings. The minimum absolute atomic E-state index is 0.0568. The summed E-state index contributed by atoms with van der Waals surface area (Å²) in [5.41, 5.74) is 5.25. The van der Waals surface area contributed by atoms with Gasteiger partial charge in [-0.05, 0) is 30.2 Å². The molecule has 0 aliphatic heterocycles. The number of nitrogens with two attached hydrogens (primary N) is 1. The van der Waals surface area contributed by atoms with Gasteiger partial charge in [0.25, 0.3) is 9.05 Å². The number of hydrogen-bond acceptors (Lipinski definition) is 3. The van der Waals surface area contributed by atoms with Crippen LogP contribution >= 0.6 is 33.9 Å². The quantitative estimate of drug-likeness (QED) is 0.681. The molecule has 1 aromatic rings. The second kappa shape index (κ2) is 5.44. The number of amides is 1. The second-order valence-corrected chi connectivity index (χ2v) is 6.76. The Morgan fingerprint density at radius 3 is 2.47 bits per heavy atom. The number of alkyl halides is 1. The van der Waals surface area contributed by atoms with Gasteiger partial charge < -0.3 is 5.73 Å². The van der Waals surface area contributed by atoms with E-state index in [-0.39, 0.29) is 16.9 Å². The minimum Gasteiger partial charge on any atom is -0.368 e. The Kier molecular flexibility index (Phi) is 4.66. The van der Waals surface area contributed by atoms with E-state index in [9.17, 15) is 13.2 Å². The van der Waals surface area contributed by atoms with E-state index in [1.807, 2.05) is 0 Å².